The first-order valence-corrected chi connectivity index (χ1v) is 20.4. The van der Waals surface area contributed by atoms with Crippen molar-refractivity contribution in [3.8, 4) is 108 Å². The van der Waals surface area contributed by atoms with Crippen LogP contribution in [-0.2, 0) is 0 Å². The summed E-state index contributed by atoms with van der Waals surface area (Å²) in [6.07, 6.45) is 0. The molecule has 0 N–H and O–H groups in total. The Bertz CT molecular complexity index is 3190. The van der Waals surface area contributed by atoms with Crippen LogP contribution in [0, 0.1) is 11.3 Å². The van der Waals surface area contributed by atoms with Crippen LogP contribution >= 0.6 is 0 Å². The van der Waals surface area contributed by atoms with E-state index in [0.29, 0.717) is 28.9 Å². The molecule has 62 heavy (non-hydrogen) atoms. The lowest BCUT2D eigenvalue weighted by Gasteiger charge is -2.15. The highest BCUT2D eigenvalue weighted by Crippen LogP contribution is 2.38. The highest BCUT2D eigenvalue weighted by atomic mass is 15.0. The average molecular weight is 793 g/mol. The molecule has 0 bridgehead atoms. The zero-order valence-corrected chi connectivity index (χ0v) is 33.5. The minimum absolute atomic E-state index is 0.555. The van der Waals surface area contributed by atoms with Crippen molar-refractivity contribution >= 4 is 0 Å². The molecule has 0 aliphatic carbocycles. The Hall–Kier alpha value is -8.66. The quantitative estimate of drug-likeness (QED) is 0.145. The minimum atomic E-state index is 0.555. The number of hydrogen-bond donors (Lipinski definition) is 0. The second-order valence-corrected chi connectivity index (χ2v) is 14.8. The molecule has 0 radical (unpaired) electrons. The Kier molecular flexibility index (Phi) is 10.3. The summed E-state index contributed by atoms with van der Waals surface area (Å²) >= 11 is 0. The normalized spacial score (nSPS) is 10.9. The zero-order chi connectivity index (χ0) is 41.7. The largest absolute Gasteiger partial charge is 0.228 e. The van der Waals surface area contributed by atoms with Gasteiger partial charge in [-0.1, -0.05) is 188 Å². The second-order valence-electron chi connectivity index (χ2n) is 14.8. The topological polar surface area (TPSA) is 88.2 Å². The van der Waals surface area contributed by atoms with Crippen molar-refractivity contribution in [2.75, 3.05) is 0 Å². The van der Waals surface area contributed by atoms with Gasteiger partial charge in [0.2, 0.25) is 0 Å². The predicted octanol–water partition coefficient (Wildman–Crippen LogP) is 13.5. The Balaban J connectivity index is 1.08. The maximum Gasteiger partial charge on any atom is 0.164 e. The summed E-state index contributed by atoms with van der Waals surface area (Å²) in [5.74, 6) is 2.37. The molecule has 10 aromatic rings. The number of nitriles is 1. The monoisotopic (exact) mass is 792 g/mol. The van der Waals surface area contributed by atoms with Crippen molar-refractivity contribution in [2.24, 2.45) is 0 Å². The van der Waals surface area contributed by atoms with E-state index >= 15 is 0 Å². The average Bonchev–Trinajstić information content (AvgIpc) is 3.37. The molecule has 0 saturated carbocycles. The molecule has 0 fully saturated rings. The number of rotatable bonds is 9. The zero-order valence-electron chi connectivity index (χ0n) is 33.5. The Morgan fingerprint density at radius 2 is 0.661 bits per heavy atom. The van der Waals surface area contributed by atoms with Gasteiger partial charge in [0, 0.05) is 33.4 Å². The second kappa shape index (κ2) is 16.9. The van der Waals surface area contributed by atoms with Crippen molar-refractivity contribution in [3.05, 3.63) is 224 Å². The fourth-order valence-electron chi connectivity index (χ4n) is 7.75. The molecule has 6 heteroatoms. The lowest BCUT2D eigenvalue weighted by atomic mass is 9.92. The molecular formula is C56H36N6. The van der Waals surface area contributed by atoms with Crippen molar-refractivity contribution in [3.63, 3.8) is 0 Å². The first-order chi connectivity index (χ1) is 30.7. The molecule has 10 rings (SSSR count). The fraction of sp³-hybridized carbons (Fsp3) is 0. The molecule has 290 valence electrons. The molecule has 0 amide bonds. The van der Waals surface area contributed by atoms with Crippen LogP contribution in [0.2, 0.25) is 0 Å². The molecule has 2 aromatic heterocycles. The Labute approximate surface area is 360 Å². The third kappa shape index (κ3) is 7.78. The van der Waals surface area contributed by atoms with Crippen LogP contribution in [0.1, 0.15) is 5.56 Å². The maximum absolute atomic E-state index is 9.57. The molecule has 6 nitrogen and oxygen atoms in total. The summed E-state index contributed by atoms with van der Waals surface area (Å²) < 4.78 is 0. The Morgan fingerprint density at radius 1 is 0.258 bits per heavy atom. The molecule has 0 spiro atoms. The maximum atomic E-state index is 9.57. The summed E-state index contributed by atoms with van der Waals surface area (Å²) in [6.45, 7) is 0. The first-order valence-electron chi connectivity index (χ1n) is 20.4. The first kappa shape index (κ1) is 37.6. The number of hydrogen-bond acceptors (Lipinski definition) is 6. The van der Waals surface area contributed by atoms with Gasteiger partial charge in [0.15, 0.2) is 23.3 Å². The molecule has 2 heterocycles. The summed E-state index contributed by atoms with van der Waals surface area (Å²) in [5, 5.41) is 9.57. The van der Waals surface area contributed by atoms with Crippen LogP contribution in [0.15, 0.2) is 218 Å². The van der Waals surface area contributed by atoms with Gasteiger partial charge in [-0.3, -0.25) is 0 Å². The molecule has 8 aromatic carbocycles. The molecule has 0 saturated heterocycles. The minimum Gasteiger partial charge on any atom is -0.228 e. The Morgan fingerprint density at radius 3 is 1.29 bits per heavy atom. The van der Waals surface area contributed by atoms with Crippen molar-refractivity contribution in [1.29, 1.82) is 5.26 Å². The van der Waals surface area contributed by atoms with E-state index in [1.54, 1.807) is 0 Å². The van der Waals surface area contributed by atoms with Crippen LogP contribution in [0.4, 0.5) is 0 Å². The molecular weight excluding hydrogens is 757 g/mol. The van der Waals surface area contributed by atoms with E-state index in [9.17, 15) is 5.26 Å². The van der Waals surface area contributed by atoms with E-state index in [2.05, 4.69) is 97.1 Å². The van der Waals surface area contributed by atoms with Gasteiger partial charge in [0.05, 0.1) is 23.0 Å². The highest BCUT2D eigenvalue weighted by molar-refractivity contribution is 5.88. The summed E-state index contributed by atoms with van der Waals surface area (Å²) in [7, 11) is 0. The summed E-state index contributed by atoms with van der Waals surface area (Å²) in [5.41, 5.74) is 13.9. The molecule has 0 atom stereocenters. The van der Waals surface area contributed by atoms with Crippen LogP contribution in [0.3, 0.4) is 0 Å². The number of nitrogens with zero attached hydrogens (tertiary/aromatic N) is 6. The van der Waals surface area contributed by atoms with Gasteiger partial charge in [0.25, 0.3) is 0 Å². The van der Waals surface area contributed by atoms with Crippen molar-refractivity contribution in [1.82, 2.24) is 24.9 Å². The van der Waals surface area contributed by atoms with Crippen LogP contribution in [0.25, 0.3) is 101 Å². The summed E-state index contributed by atoms with van der Waals surface area (Å²) in [4.78, 5) is 25.5. The molecule has 0 aliphatic rings. The van der Waals surface area contributed by atoms with E-state index in [4.69, 9.17) is 24.9 Å². The third-order valence-electron chi connectivity index (χ3n) is 10.8. The fourth-order valence-corrected chi connectivity index (χ4v) is 7.75. The SMILES string of the molecule is N#Cc1cccc(-c2cccc(-c3nc(-c4ccccc4)nc(-c4ccccc4-c4cccc(-c5ccccc5-c5cc(-c6ccccc6)nc(-c6ccccc6)n5)c4)n3)c2)c1. The van der Waals surface area contributed by atoms with Gasteiger partial charge in [-0.25, -0.2) is 24.9 Å². The van der Waals surface area contributed by atoms with Gasteiger partial charge in [-0.2, -0.15) is 5.26 Å². The smallest absolute Gasteiger partial charge is 0.164 e. The van der Waals surface area contributed by atoms with Gasteiger partial charge >= 0.3 is 0 Å². The molecule has 0 unspecified atom stereocenters. The van der Waals surface area contributed by atoms with Crippen molar-refractivity contribution < 1.29 is 0 Å². The lowest BCUT2D eigenvalue weighted by molar-refractivity contribution is 1.07. The predicted molar refractivity (Wildman–Crippen MR) is 249 cm³/mol. The lowest BCUT2D eigenvalue weighted by Crippen LogP contribution is -2.01. The van der Waals surface area contributed by atoms with Crippen molar-refractivity contribution in [2.45, 2.75) is 0 Å². The van der Waals surface area contributed by atoms with Gasteiger partial charge in [0.1, 0.15) is 0 Å². The van der Waals surface area contributed by atoms with Gasteiger partial charge < -0.3 is 0 Å². The molecule has 0 aliphatic heterocycles. The summed E-state index contributed by atoms with van der Waals surface area (Å²) in [6, 6.07) is 75.8. The number of aromatic nitrogens is 5. The van der Waals surface area contributed by atoms with Gasteiger partial charge in [-0.05, 0) is 63.7 Å². The van der Waals surface area contributed by atoms with Crippen LogP contribution in [0.5, 0.6) is 0 Å². The van der Waals surface area contributed by atoms with Crippen LogP contribution < -0.4 is 0 Å². The van der Waals surface area contributed by atoms with Crippen LogP contribution in [-0.4, -0.2) is 24.9 Å². The highest BCUT2D eigenvalue weighted by Gasteiger charge is 2.18. The third-order valence-corrected chi connectivity index (χ3v) is 10.8. The van der Waals surface area contributed by atoms with E-state index in [1.807, 2.05) is 127 Å². The standard InChI is InChI=1S/C56H36N6/c57-37-38-17-14-24-42(33-38)43-25-15-28-46(34-43)55-60-54(41-22-8-3-9-23-41)61-56(62-55)50-32-13-11-30-48(50)45-27-16-26-44(35-45)47-29-10-12-31-49(47)52-36-51(39-18-4-1-5-19-39)58-53(59-52)40-20-6-2-7-21-40/h1-36H. The van der Waals surface area contributed by atoms with Gasteiger partial charge in [-0.15, -0.1) is 0 Å². The van der Waals surface area contributed by atoms with E-state index in [0.717, 1.165) is 78.1 Å². The number of benzene rings is 8. The van der Waals surface area contributed by atoms with E-state index in [-0.39, 0.29) is 0 Å². The van der Waals surface area contributed by atoms with E-state index < -0.39 is 0 Å². The van der Waals surface area contributed by atoms with E-state index in [1.165, 1.54) is 0 Å².